The van der Waals surface area contributed by atoms with Crippen molar-refractivity contribution in [3.8, 4) is 5.75 Å². The zero-order valence-corrected chi connectivity index (χ0v) is 18.2. The molecule has 1 unspecified atom stereocenters. The highest BCUT2D eigenvalue weighted by Crippen LogP contribution is 2.41. The van der Waals surface area contributed by atoms with Gasteiger partial charge in [0.15, 0.2) is 0 Å². The summed E-state index contributed by atoms with van der Waals surface area (Å²) >= 11 is 0. The molecule has 1 amide bonds. The van der Waals surface area contributed by atoms with Crippen LogP contribution in [0.5, 0.6) is 5.75 Å². The van der Waals surface area contributed by atoms with Crippen LogP contribution in [-0.4, -0.2) is 33.3 Å². The quantitative estimate of drug-likeness (QED) is 0.183. The van der Waals surface area contributed by atoms with E-state index in [1.807, 2.05) is 6.92 Å². The Balaban J connectivity index is 1.84. The first-order valence-electron chi connectivity index (χ1n) is 10.6. The minimum atomic E-state index is -1.02. The summed E-state index contributed by atoms with van der Waals surface area (Å²) in [6.45, 7) is 2.53. The number of aliphatic hydroxyl groups excluding tert-OH is 1. The van der Waals surface area contributed by atoms with E-state index in [9.17, 15) is 24.8 Å². The van der Waals surface area contributed by atoms with Crippen LogP contribution in [0.25, 0.3) is 5.76 Å². The topological polar surface area (TPSA) is 123 Å². The number of ether oxygens (including phenoxy) is 1. The number of amides is 1. The lowest BCUT2D eigenvalue weighted by Gasteiger charge is -2.24. The maximum atomic E-state index is 13.1. The van der Waals surface area contributed by atoms with Gasteiger partial charge in [0, 0.05) is 23.9 Å². The number of carbonyl (C=O) groups is 2. The van der Waals surface area contributed by atoms with Gasteiger partial charge in [-0.05, 0) is 60.5 Å². The number of pyridine rings is 1. The number of aliphatic hydroxyl groups is 1. The van der Waals surface area contributed by atoms with Crippen LogP contribution in [-0.2, 0) is 9.59 Å². The Morgan fingerprint density at radius 1 is 1.09 bits per heavy atom. The number of ketones is 1. The Morgan fingerprint density at radius 2 is 1.79 bits per heavy atom. The molecule has 0 spiro atoms. The van der Waals surface area contributed by atoms with Crippen LogP contribution in [0.4, 0.5) is 11.5 Å². The summed E-state index contributed by atoms with van der Waals surface area (Å²) in [7, 11) is 0. The predicted molar refractivity (Wildman–Crippen MR) is 124 cm³/mol. The van der Waals surface area contributed by atoms with E-state index in [1.165, 1.54) is 35.4 Å². The number of hydrogen-bond donors (Lipinski definition) is 1. The minimum absolute atomic E-state index is 0.133. The van der Waals surface area contributed by atoms with E-state index in [4.69, 9.17) is 4.74 Å². The Kier molecular flexibility index (Phi) is 6.35. The number of aromatic nitrogens is 1. The summed E-state index contributed by atoms with van der Waals surface area (Å²) in [6.07, 6.45) is 2.32. The molecule has 9 heteroatoms. The fourth-order valence-electron chi connectivity index (χ4n) is 3.74. The second-order valence-electron chi connectivity index (χ2n) is 7.58. The first-order chi connectivity index (χ1) is 16.4. The van der Waals surface area contributed by atoms with E-state index in [-0.39, 0.29) is 22.8 Å². The van der Waals surface area contributed by atoms with Crippen molar-refractivity contribution < 1.29 is 24.4 Å². The highest BCUT2D eigenvalue weighted by atomic mass is 16.6. The monoisotopic (exact) mass is 459 g/mol. The predicted octanol–water partition coefficient (Wildman–Crippen LogP) is 4.40. The van der Waals surface area contributed by atoms with Crippen molar-refractivity contribution in [2.24, 2.45) is 0 Å². The average Bonchev–Trinajstić information content (AvgIpc) is 3.13. The molecule has 1 aliphatic rings. The van der Waals surface area contributed by atoms with Crippen molar-refractivity contribution in [1.29, 1.82) is 0 Å². The number of Topliss-reactive ketones (excluding diaryl/α,β-unsaturated/α-hetero) is 1. The van der Waals surface area contributed by atoms with Crippen LogP contribution in [0, 0.1) is 10.1 Å². The van der Waals surface area contributed by atoms with Gasteiger partial charge in [0.1, 0.15) is 17.3 Å². The summed E-state index contributed by atoms with van der Waals surface area (Å²) in [5, 5.41) is 22.2. The lowest BCUT2D eigenvalue weighted by atomic mass is 9.95. The van der Waals surface area contributed by atoms with Gasteiger partial charge in [0.25, 0.3) is 11.5 Å². The molecule has 1 N–H and O–H groups in total. The zero-order chi connectivity index (χ0) is 24.2. The molecule has 0 bridgehead atoms. The van der Waals surface area contributed by atoms with Crippen molar-refractivity contribution in [1.82, 2.24) is 4.98 Å². The lowest BCUT2D eigenvalue weighted by molar-refractivity contribution is -0.384. The third-order valence-corrected chi connectivity index (χ3v) is 5.36. The third-order valence-electron chi connectivity index (χ3n) is 5.36. The molecule has 0 aliphatic carbocycles. The largest absolute Gasteiger partial charge is 0.507 e. The number of anilines is 1. The molecule has 172 valence electrons. The fraction of sp³-hybridized carbons (Fsp3) is 0.160. The van der Waals surface area contributed by atoms with E-state index in [0.717, 1.165) is 6.42 Å². The Hall–Kier alpha value is -4.53. The van der Waals surface area contributed by atoms with Crippen LogP contribution < -0.4 is 9.64 Å². The molecule has 2 heterocycles. The number of non-ortho nitro benzene ring substituents is 1. The molecule has 2 aromatic carbocycles. The van der Waals surface area contributed by atoms with Gasteiger partial charge >= 0.3 is 5.91 Å². The van der Waals surface area contributed by atoms with E-state index >= 15 is 0 Å². The SMILES string of the molecule is CCCOc1ccc(C(O)=C2C(=O)C(=O)N(c3ccccn3)C2c2ccc([N+](=O)[O-])cc2)cc1. The molecule has 1 aliphatic heterocycles. The van der Waals surface area contributed by atoms with Crippen molar-refractivity contribution in [3.05, 3.63) is 99.7 Å². The average molecular weight is 459 g/mol. The van der Waals surface area contributed by atoms with Crippen molar-refractivity contribution in [3.63, 3.8) is 0 Å². The number of nitro benzene ring substituents is 1. The van der Waals surface area contributed by atoms with Crippen LogP contribution >= 0.6 is 0 Å². The van der Waals surface area contributed by atoms with Gasteiger partial charge in [0.05, 0.1) is 23.1 Å². The zero-order valence-electron chi connectivity index (χ0n) is 18.2. The van der Waals surface area contributed by atoms with Gasteiger partial charge < -0.3 is 9.84 Å². The number of nitrogens with zero attached hydrogens (tertiary/aromatic N) is 3. The van der Waals surface area contributed by atoms with Crippen LogP contribution in [0.1, 0.15) is 30.5 Å². The summed E-state index contributed by atoms with van der Waals surface area (Å²) in [5.41, 5.74) is 0.475. The van der Waals surface area contributed by atoms with Crippen LogP contribution in [0.15, 0.2) is 78.5 Å². The number of carbonyl (C=O) groups excluding carboxylic acids is 2. The first-order valence-corrected chi connectivity index (χ1v) is 10.6. The molecule has 1 fully saturated rings. The van der Waals surface area contributed by atoms with Gasteiger partial charge in [-0.25, -0.2) is 4.98 Å². The third kappa shape index (κ3) is 4.23. The summed E-state index contributed by atoms with van der Waals surface area (Å²) in [5.74, 6) is -1.26. The molecule has 1 saturated heterocycles. The Bertz CT molecular complexity index is 1250. The van der Waals surface area contributed by atoms with Crippen LogP contribution in [0.3, 0.4) is 0 Å². The molecular weight excluding hydrogens is 438 g/mol. The maximum Gasteiger partial charge on any atom is 0.301 e. The number of rotatable bonds is 7. The second kappa shape index (κ2) is 9.53. The van der Waals surface area contributed by atoms with E-state index < -0.39 is 22.7 Å². The highest BCUT2D eigenvalue weighted by molar-refractivity contribution is 6.51. The molecule has 9 nitrogen and oxygen atoms in total. The van der Waals surface area contributed by atoms with Gasteiger partial charge in [-0.15, -0.1) is 0 Å². The van der Waals surface area contributed by atoms with E-state index in [2.05, 4.69) is 4.98 Å². The molecule has 0 saturated carbocycles. The molecule has 34 heavy (non-hydrogen) atoms. The number of hydrogen-bond acceptors (Lipinski definition) is 7. The van der Waals surface area contributed by atoms with Crippen molar-refractivity contribution in [2.45, 2.75) is 19.4 Å². The van der Waals surface area contributed by atoms with E-state index in [1.54, 1.807) is 42.5 Å². The summed E-state index contributed by atoms with van der Waals surface area (Å²) in [4.78, 5) is 42.1. The van der Waals surface area contributed by atoms with Crippen LogP contribution in [0.2, 0.25) is 0 Å². The van der Waals surface area contributed by atoms with Gasteiger partial charge in [-0.3, -0.25) is 24.6 Å². The second-order valence-corrected chi connectivity index (χ2v) is 7.58. The number of nitro groups is 1. The number of benzene rings is 2. The maximum absolute atomic E-state index is 13.1. The standard InChI is InChI=1S/C25H21N3O6/c1-2-15-34-19-12-8-17(9-13-19)23(29)21-22(16-6-10-18(11-7-16)28(32)33)27(25(31)24(21)30)20-5-3-4-14-26-20/h3-14,22,29H,2,15H2,1H3. The van der Waals surface area contributed by atoms with Gasteiger partial charge in [-0.2, -0.15) is 0 Å². The normalized spacial score (nSPS) is 17.1. The van der Waals surface area contributed by atoms with Crippen molar-refractivity contribution >= 4 is 29.0 Å². The minimum Gasteiger partial charge on any atom is -0.507 e. The molecule has 1 atom stereocenters. The molecule has 4 rings (SSSR count). The lowest BCUT2D eigenvalue weighted by Crippen LogP contribution is -2.30. The molecule has 3 aromatic rings. The van der Waals surface area contributed by atoms with Gasteiger partial charge in [-0.1, -0.05) is 13.0 Å². The Morgan fingerprint density at radius 3 is 2.38 bits per heavy atom. The molecule has 1 aromatic heterocycles. The Labute approximate surface area is 195 Å². The summed E-state index contributed by atoms with van der Waals surface area (Å²) < 4.78 is 5.56. The first kappa shape index (κ1) is 22.7. The van der Waals surface area contributed by atoms with Crippen molar-refractivity contribution in [2.75, 3.05) is 11.5 Å². The highest BCUT2D eigenvalue weighted by Gasteiger charge is 2.47. The molecular formula is C25H21N3O6. The molecule has 0 radical (unpaired) electrons. The fourth-order valence-corrected chi connectivity index (χ4v) is 3.74. The van der Waals surface area contributed by atoms with Gasteiger partial charge in [0.2, 0.25) is 0 Å². The smallest absolute Gasteiger partial charge is 0.301 e. The van der Waals surface area contributed by atoms with E-state index in [0.29, 0.717) is 23.5 Å². The summed E-state index contributed by atoms with van der Waals surface area (Å²) in [6, 6.07) is 15.9.